The molecule has 23 heavy (non-hydrogen) atoms. The largest absolute Gasteiger partial charge is 0.0616 e. The Balaban J connectivity index is 2.25. The molecule has 5 aromatic rings. The molecule has 0 aliphatic rings. The minimum absolute atomic E-state index is 1.31. The molecule has 0 atom stereocenters. The van der Waals surface area contributed by atoms with Crippen molar-refractivity contribution in [3.63, 3.8) is 0 Å². The molecule has 0 bridgehead atoms. The van der Waals surface area contributed by atoms with Gasteiger partial charge >= 0.3 is 0 Å². The van der Waals surface area contributed by atoms with Crippen LogP contribution in [-0.2, 0) is 0 Å². The van der Waals surface area contributed by atoms with Gasteiger partial charge in [-0.05, 0) is 71.7 Å². The third kappa shape index (κ3) is 1.83. The third-order valence-corrected chi connectivity index (χ3v) is 5.59. The average molecular weight is 404 g/mol. The van der Waals surface area contributed by atoms with Crippen LogP contribution < -0.4 is 0 Å². The predicted octanol–water partition coefficient (Wildman–Crippen LogP) is 6.90. The van der Waals surface area contributed by atoms with Crippen molar-refractivity contribution < 1.29 is 0 Å². The van der Waals surface area contributed by atoms with E-state index in [0.29, 0.717) is 0 Å². The number of hydrogen-bond donors (Lipinski definition) is 0. The second-order valence-corrected chi connectivity index (χ2v) is 7.08. The first-order valence-electron chi connectivity index (χ1n) is 7.75. The molecule has 0 radical (unpaired) electrons. The van der Waals surface area contributed by atoms with E-state index in [0.717, 1.165) is 0 Å². The van der Waals surface area contributed by atoms with Gasteiger partial charge in [-0.25, -0.2) is 0 Å². The Bertz CT molecular complexity index is 1220. The number of rotatable bonds is 0. The Labute approximate surface area is 147 Å². The van der Waals surface area contributed by atoms with Crippen LogP contribution in [0.5, 0.6) is 0 Å². The van der Waals surface area contributed by atoms with Crippen molar-refractivity contribution in [3.05, 3.63) is 82.4 Å². The summed E-state index contributed by atoms with van der Waals surface area (Å²) in [5.41, 5.74) is 0. The lowest BCUT2D eigenvalue weighted by Gasteiger charge is -2.13. The van der Waals surface area contributed by atoms with Crippen molar-refractivity contribution in [1.82, 2.24) is 0 Å². The van der Waals surface area contributed by atoms with Gasteiger partial charge in [0.25, 0.3) is 0 Å². The molecular weight excluding hydrogens is 391 g/mol. The van der Waals surface area contributed by atoms with Gasteiger partial charge in [0.1, 0.15) is 0 Å². The first-order valence-corrected chi connectivity index (χ1v) is 8.83. The van der Waals surface area contributed by atoms with Gasteiger partial charge < -0.3 is 0 Å². The lowest BCUT2D eigenvalue weighted by molar-refractivity contribution is 1.75. The number of hydrogen-bond acceptors (Lipinski definition) is 0. The molecule has 5 aromatic carbocycles. The molecular formula is C22H13I. The van der Waals surface area contributed by atoms with Gasteiger partial charge in [0.15, 0.2) is 0 Å². The van der Waals surface area contributed by atoms with E-state index in [-0.39, 0.29) is 0 Å². The second kappa shape index (κ2) is 4.93. The summed E-state index contributed by atoms with van der Waals surface area (Å²) in [6, 6.07) is 28.6. The fourth-order valence-electron chi connectivity index (χ4n) is 3.72. The molecule has 0 spiro atoms. The smallest absolute Gasteiger partial charge is 0.0215 e. The molecule has 0 aliphatic carbocycles. The molecule has 0 saturated heterocycles. The minimum atomic E-state index is 1.31. The van der Waals surface area contributed by atoms with Gasteiger partial charge in [0.2, 0.25) is 0 Å². The van der Waals surface area contributed by atoms with Crippen molar-refractivity contribution in [3.8, 4) is 0 Å². The van der Waals surface area contributed by atoms with Crippen molar-refractivity contribution in [2.45, 2.75) is 0 Å². The number of fused-ring (bicyclic) bond motifs is 8. The Morgan fingerprint density at radius 3 is 1.43 bits per heavy atom. The van der Waals surface area contributed by atoms with Crippen molar-refractivity contribution in [2.24, 2.45) is 0 Å². The molecule has 0 nitrogen and oxygen atoms in total. The number of benzene rings is 5. The molecule has 0 unspecified atom stereocenters. The van der Waals surface area contributed by atoms with Crippen LogP contribution in [0.2, 0.25) is 0 Å². The van der Waals surface area contributed by atoms with E-state index in [1.807, 2.05) is 0 Å². The maximum Gasteiger partial charge on any atom is 0.0215 e. The molecule has 0 fully saturated rings. The van der Waals surface area contributed by atoms with Crippen LogP contribution in [0.25, 0.3) is 43.1 Å². The molecule has 5 rings (SSSR count). The Kier molecular flexibility index (Phi) is 2.86. The van der Waals surface area contributed by atoms with Crippen LogP contribution in [-0.4, -0.2) is 0 Å². The number of halogens is 1. The van der Waals surface area contributed by atoms with Crippen LogP contribution in [0, 0.1) is 3.57 Å². The van der Waals surface area contributed by atoms with Crippen molar-refractivity contribution in [1.29, 1.82) is 0 Å². The van der Waals surface area contributed by atoms with E-state index in [1.165, 1.54) is 46.7 Å². The van der Waals surface area contributed by atoms with Crippen molar-refractivity contribution in [2.75, 3.05) is 0 Å². The fourth-order valence-corrected chi connectivity index (χ4v) is 4.50. The first kappa shape index (κ1) is 13.3. The lowest BCUT2D eigenvalue weighted by Crippen LogP contribution is -1.87. The average Bonchev–Trinajstić information content (AvgIpc) is 2.62. The van der Waals surface area contributed by atoms with Gasteiger partial charge in [-0.1, -0.05) is 72.8 Å². The predicted molar refractivity (Wildman–Crippen MR) is 109 cm³/mol. The highest BCUT2D eigenvalue weighted by molar-refractivity contribution is 14.1. The normalized spacial score (nSPS) is 11.7. The van der Waals surface area contributed by atoms with Gasteiger partial charge in [0, 0.05) is 3.57 Å². The van der Waals surface area contributed by atoms with E-state index < -0.39 is 0 Å². The zero-order chi connectivity index (χ0) is 15.4. The second-order valence-electron chi connectivity index (χ2n) is 5.92. The SMILES string of the molecule is Ic1cc2c3ccccc3c3ccccc3c2c2ccccc12. The third-order valence-electron chi connectivity index (χ3n) is 4.70. The van der Waals surface area contributed by atoms with Gasteiger partial charge in [-0.3, -0.25) is 0 Å². The summed E-state index contributed by atoms with van der Waals surface area (Å²) in [7, 11) is 0. The van der Waals surface area contributed by atoms with Crippen LogP contribution in [0.1, 0.15) is 0 Å². The summed E-state index contributed by atoms with van der Waals surface area (Å²) in [6.07, 6.45) is 0. The minimum Gasteiger partial charge on any atom is -0.0616 e. The molecule has 1 heteroatoms. The lowest BCUT2D eigenvalue weighted by atomic mass is 9.91. The van der Waals surface area contributed by atoms with Gasteiger partial charge in [-0.2, -0.15) is 0 Å². The van der Waals surface area contributed by atoms with E-state index in [1.54, 1.807) is 0 Å². The molecule has 0 aliphatic heterocycles. The summed E-state index contributed by atoms with van der Waals surface area (Å²) in [5, 5.41) is 10.7. The molecule has 0 amide bonds. The van der Waals surface area contributed by atoms with Crippen LogP contribution in [0.4, 0.5) is 0 Å². The van der Waals surface area contributed by atoms with Gasteiger partial charge in [0.05, 0.1) is 0 Å². The molecule has 0 heterocycles. The standard InChI is InChI=1S/C22H13I/c23-21-13-20-16-9-2-1-7-14(16)15-8-3-5-11-18(15)22(20)19-12-6-4-10-17(19)21/h1-13H. The van der Waals surface area contributed by atoms with E-state index in [4.69, 9.17) is 0 Å². The zero-order valence-electron chi connectivity index (χ0n) is 12.4. The highest BCUT2D eigenvalue weighted by atomic mass is 127. The Hall–Kier alpha value is -2.13. The first-order chi connectivity index (χ1) is 11.3. The van der Waals surface area contributed by atoms with Crippen LogP contribution in [0.3, 0.4) is 0 Å². The molecule has 0 saturated carbocycles. The molecule has 0 N–H and O–H groups in total. The highest BCUT2D eigenvalue weighted by Gasteiger charge is 2.12. The van der Waals surface area contributed by atoms with E-state index in [9.17, 15) is 0 Å². The summed E-state index contributed by atoms with van der Waals surface area (Å²) < 4.78 is 1.31. The van der Waals surface area contributed by atoms with Crippen molar-refractivity contribution >= 4 is 65.7 Å². The topological polar surface area (TPSA) is 0 Å². The summed E-state index contributed by atoms with van der Waals surface area (Å²) >= 11 is 2.46. The zero-order valence-corrected chi connectivity index (χ0v) is 14.5. The van der Waals surface area contributed by atoms with Gasteiger partial charge in [-0.15, -0.1) is 0 Å². The fraction of sp³-hybridized carbons (Fsp3) is 0. The summed E-state index contributed by atoms with van der Waals surface area (Å²) in [5.74, 6) is 0. The highest BCUT2D eigenvalue weighted by Crippen LogP contribution is 2.40. The van der Waals surface area contributed by atoms with Crippen LogP contribution >= 0.6 is 22.6 Å². The van der Waals surface area contributed by atoms with Crippen LogP contribution in [0.15, 0.2) is 78.9 Å². The molecule has 108 valence electrons. The van der Waals surface area contributed by atoms with E-state index in [2.05, 4.69) is 101 Å². The Morgan fingerprint density at radius 1 is 0.435 bits per heavy atom. The Morgan fingerprint density at radius 2 is 0.826 bits per heavy atom. The maximum atomic E-state index is 2.46. The summed E-state index contributed by atoms with van der Waals surface area (Å²) in [4.78, 5) is 0. The maximum absolute atomic E-state index is 2.46. The molecule has 0 aromatic heterocycles. The monoisotopic (exact) mass is 404 g/mol. The summed E-state index contributed by atoms with van der Waals surface area (Å²) in [6.45, 7) is 0. The quantitative estimate of drug-likeness (QED) is 0.194. The van der Waals surface area contributed by atoms with E-state index >= 15 is 0 Å².